The van der Waals surface area contributed by atoms with E-state index in [4.69, 9.17) is 5.11 Å². The second kappa shape index (κ2) is 5.95. The first kappa shape index (κ1) is 14.4. The second-order valence-corrected chi connectivity index (χ2v) is 4.09. The molecule has 1 heterocycles. The summed E-state index contributed by atoms with van der Waals surface area (Å²) in [5.74, 6) is -1.73. The Morgan fingerprint density at radius 3 is 2.76 bits per heavy atom. The molecule has 0 aliphatic rings. The number of carboxylic acids is 1. The van der Waals surface area contributed by atoms with Crippen LogP contribution in [0.15, 0.2) is 36.5 Å². The number of halogens is 1. The van der Waals surface area contributed by atoms with Crippen molar-refractivity contribution in [3.8, 4) is 0 Å². The Bertz CT molecular complexity index is 706. The Morgan fingerprint density at radius 2 is 2.14 bits per heavy atom. The number of carboxylic acid groups (broad SMARTS) is 1. The summed E-state index contributed by atoms with van der Waals surface area (Å²) in [7, 11) is 0. The number of nitrogens with zero attached hydrogens (tertiary/aromatic N) is 2. The van der Waals surface area contributed by atoms with E-state index in [-0.39, 0.29) is 12.4 Å². The van der Waals surface area contributed by atoms with Crippen LogP contribution in [0, 0.1) is 15.9 Å². The third-order valence-electron chi connectivity index (χ3n) is 2.73. The largest absolute Gasteiger partial charge is 0.477 e. The molecule has 0 saturated carbocycles. The van der Waals surface area contributed by atoms with Crippen molar-refractivity contribution in [1.29, 1.82) is 0 Å². The zero-order chi connectivity index (χ0) is 15.4. The van der Waals surface area contributed by atoms with Gasteiger partial charge in [-0.2, -0.15) is 0 Å². The number of hydrogen-bond donors (Lipinski definition) is 2. The van der Waals surface area contributed by atoms with Gasteiger partial charge >= 0.3 is 11.7 Å². The third kappa shape index (κ3) is 3.30. The Kier molecular flexibility index (Phi) is 4.07. The summed E-state index contributed by atoms with van der Waals surface area (Å²) in [6.07, 6.45) is 0.854. The second-order valence-electron chi connectivity index (χ2n) is 4.09. The van der Waals surface area contributed by atoms with E-state index in [1.165, 1.54) is 6.07 Å². The summed E-state index contributed by atoms with van der Waals surface area (Å²) in [6.45, 7) is 0.0799. The number of nitrogens with one attached hydrogen (secondary N) is 1. The summed E-state index contributed by atoms with van der Waals surface area (Å²) in [4.78, 5) is 24.6. The predicted octanol–water partition coefficient (Wildman–Crippen LogP) is 2.44. The van der Waals surface area contributed by atoms with Gasteiger partial charge in [-0.05, 0) is 6.07 Å². The SMILES string of the molecule is O=C(O)c1cc(NCc2ccccc2F)ncc1[N+](=O)[O-]. The van der Waals surface area contributed by atoms with Crippen LogP contribution in [-0.4, -0.2) is 21.0 Å². The summed E-state index contributed by atoms with van der Waals surface area (Å²) >= 11 is 0. The van der Waals surface area contributed by atoms with Crippen molar-refractivity contribution >= 4 is 17.5 Å². The molecule has 0 saturated heterocycles. The van der Waals surface area contributed by atoms with Gasteiger partial charge in [-0.3, -0.25) is 10.1 Å². The number of hydrogen-bond acceptors (Lipinski definition) is 5. The van der Waals surface area contributed by atoms with Gasteiger partial charge in [-0.1, -0.05) is 18.2 Å². The number of aromatic carboxylic acids is 1. The van der Waals surface area contributed by atoms with Gasteiger partial charge in [-0.15, -0.1) is 0 Å². The molecule has 0 amide bonds. The number of anilines is 1. The van der Waals surface area contributed by atoms with E-state index in [2.05, 4.69) is 10.3 Å². The van der Waals surface area contributed by atoms with Gasteiger partial charge < -0.3 is 10.4 Å². The van der Waals surface area contributed by atoms with E-state index in [0.29, 0.717) is 5.56 Å². The lowest BCUT2D eigenvalue weighted by molar-refractivity contribution is -0.385. The van der Waals surface area contributed by atoms with Crippen molar-refractivity contribution in [2.75, 3.05) is 5.32 Å². The van der Waals surface area contributed by atoms with Gasteiger partial charge in [0, 0.05) is 18.2 Å². The van der Waals surface area contributed by atoms with Crippen LogP contribution in [0.25, 0.3) is 0 Å². The van der Waals surface area contributed by atoms with E-state index in [9.17, 15) is 19.3 Å². The fraction of sp³-hybridized carbons (Fsp3) is 0.0769. The highest BCUT2D eigenvalue weighted by Gasteiger charge is 2.21. The number of aromatic nitrogens is 1. The molecule has 2 aromatic rings. The van der Waals surface area contributed by atoms with Crippen molar-refractivity contribution in [2.24, 2.45) is 0 Å². The topological polar surface area (TPSA) is 105 Å². The molecule has 7 nitrogen and oxygen atoms in total. The standard InChI is InChI=1S/C13H10FN3O4/c14-10-4-2-1-3-8(10)6-15-12-5-9(13(18)19)11(7-16-12)17(20)21/h1-5,7H,6H2,(H,15,16)(H,18,19). The molecule has 2 rings (SSSR count). The van der Waals surface area contributed by atoms with Gasteiger partial charge in [0.15, 0.2) is 0 Å². The maximum atomic E-state index is 13.4. The number of benzene rings is 1. The molecule has 2 N–H and O–H groups in total. The van der Waals surface area contributed by atoms with Crippen LogP contribution in [0.5, 0.6) is 0 Å². The average molecular weight is 291 g/mol. The molecule has 1 aromatic heterocycles. The normalized spacial score (nSPS) is 10.1. The fourth-order valence-electron chi connectivity index (χ4n) is 1.69. The Morgan fingerprint density at radius 1 is 1.43 bits per heavy atom. The Labute approximate surface area is 118 Å². The average Bonchev–Trinajstić information content (AvgIpc) is 2.46. The molecule has 0 spiro atoms. The van der Waals surface area contributed by atoms with Crippen LogP contribution < -0.4 is 5.32 Å². The summed E-state index contributed by atoms with van der Waals surface area (Å²) in [5, 5.41) is 22.4. The lowest BCUT2D eigenvalue weighted by atomic mass is 10.2. The van der Waals surface area contributed by atoms with Gasteiger partial charge in [0.25, 0.3) is 0 Å². The van der Waals surface area contributed by atoms with Crippen molar-refractivity contribution in [3.05, 3.63) is 63.6 Å². The molecule has 0 radical (unpaired) electrons. The molecule has 0 atom stereocenters. The van der Waals surface area contributed by atoms with Crippen molar-refractivity contribution in [3.63, 3.8) is 0 Å². The van der Waals surface area contributed by atoms with Crippen LogP contribution in [0.4, 0.5) is 15.9 Å². The molecular weight excluding hydrogens is 281 g/mol. The molecule has 0 aliphatic carbocycles. The molecule has 0 unspecified atom stereocenters. The van der Waals surface area contributed by atoms with Gasteiger partial charge in [0.05, 0.1) is 4.92 Å². The minimum atomic E-state index is -1.43. The third-order valence-corrected chi connectivity index (χ3v) is 2.73. The number of pyridine rings is 1. The van der Waals surface area contributed by atoms with E-state index in [1.807, 2.05) is 0 Å². The molecule has 0 fully saturated rings. The maximum absolute atomic E-state index is 13.4. The minimum absolute atomic E-state index is 0.0799. The zero-order valence-electron chi connectivity index (χ0n) is 10.6. The highest BCUT2D eigenvalue weighted by atomic mass is 19.1. The molecule has 8 heteroatoms. The summed E-state index contributed by atoms with van der Waals surface area (Å²) in [6, 6.07) is 7.10. The van der Waals surface area contributed by atoms with Crippen LogP contribution in [0.2, 0.25) is 0 Å². The van der Waals surface area contributed by atoms with Gasteiger partial charge in [0.1, 0.15) is 23.4 Å². The molecule has 0 aliphatic heterocycles. The molecule has 108 valence electrons. The Hall–Kier alpha value is -3.03. The lowest BCUT2D eigenvalue weighted by Crippen LogP contribution is -2.08. The summed E-state index contributed by atoms with van der Waals surface area (Å²) < 4.78 is 13.4. The molecule has 21 heavy (non-hydrogen) atoms. The van der Waals surface area contributed by atoms with Gasteiger partial charge in [0.2, 0.25) is 0 Å². The predicted molar refractivity (Wildman–Crippen MR) is 71.6 cm³/mol. The van der Waals surface area contributed by atoms with Crippen molar-refractivity contribution in [2.45, 2.75) is 6.54 Å². The van der Waals surface area contributed by atoms with E-state index in [1.54, 1.807) is 18.2 Å². The molecule has 1 aromatic carbocycles. The number of nitro groups is 1. The lowest BCUT2D eigenvalue weighted by Gasteiger charge is -2.07. The smallest absolute Gasteiger partial charge is 0.342 e. The molecular formula is C13H10FN3O4. The van der Waals surface area contributed by atoms with Crippen molar-refractivity contribution in [1.82, 2.24) is 4.98 Å². The quantitative estimate of drug-likeness (QED) is 0.647. The first-order chi connectivity index (χ1) is 9.99. The van der Waals surface area contributed by atoms with Crippen LogP contribution in [0.1, 0.15) is 15.9 Å². The van der Waals surface area contributed by atoms with E-state index < -0.39 is 28.0 Å². The first-order valence-corrected chi connectivity index (χ1v) is 5.84. The van der Waals surface area contributed by atoms with Crippen LogP contribution >= 0.6 is 0 Å². The zero-order valence-corrected chi connectivity index (χ0v) is 10.6. The fourth-order valence-corrected chi connectivity index (χ4v) is 1.69. The van der Waals surface area contributed by atoms with Gasteiger partial charge in [-0.25, -0.2) is 14.2 Å². The highest BCUT2D eigenvalue weighted by molar-refractivity contribution is 5.93. The number of carbonyl (C=O) groups is 1. The van der Waals surface area contributed by atoms with E-state index in [0.717, 1.165) is 12.3 Å². The Balaban J connectivity index is 2.22. The minimum Gasteiger partial charge on any atom is -0.477 e. The maximum Gasteiger partial charge on any atom is 0.342 e. The van der Waals surface area contributed by atoms with Crippen molar-refractivity contribution < 1.29 is 19.2 Å². The molecule has 0 bridgehead atoms. The van der Waals surface area contributed by atoms with E-state index >= 15 is 0 Å². The van der Waals surface area contributed by atoms with Crippen LogP contribution in [0.3, 0.4) is 0 Å². The monoisotopic (exact) mass is 291 g/mol. The summed E-state index contributed by atoms with van der Waals surface area (Å²) in [5.41, 5.74) is -0.709. The first-order valence-electron chi connectivity index (χ1n) is 5.84. The van der Waals surface area contributed by atoms with Crippen LogP contribution in [-0.2, 0) is 6.54 Å². The number of rotatable bonds is 5. The highest BCUT2D eigenvalue weighted by Crippen LogP contribution is 2.20.